The zero-order valence-corrected chi connectivity index (χ0v) is 15.2. The molecule has 1 unspecified atom stereocenters. The minimum absolute atomic E-state index is 0.0303. The van der Waals surface area contributed by atoms with E-state index in [1.54, 1.807) is 4.57 Å². The fourth-order valence-corrected chi connectivity index (χ4v) is 3.69. The third-order valence-electron chi connectivity index (χ3n) is 4.70. The highest BCUT2D eigenvalue weighted by molar-refractivity contribution is 6.17. The molecule has 0 spiro atoms. The molecule has 1 aromatic carbocycles. The molecule has 3 rings (SSSR count). The molecular weight excluding hydrogens is 324 g/mol. The van der Waals surface area contributed by atoms with E-state index >= 15 is 0 Å². The fraction of sp³-hybridized carbons (Fsp3) is 0.556. The average molecular weight is 349 g/mol. The van der Waals surface area contributed by atoms with E-state index in [0.29, 0.717) is 12.4 Å². The number of fused-ring (bicyclic) bond motifs is 3. The lowest BCUT2D eigenvalue weighted by atomic mass is 10.1. The molecule has 0 aliphatic carbocycles. The van der Waals surface area contributed by atoms with Crippen molar-refractivity contribution >= 4 is 34.6 Å². The lowest BCUT2D eigenvalue weighted by molar-refractivity contribution is 0.199. The summed E-state index contributed by atoms with van der Waals surface area (Å²) in [7, 11) is 0. The second-order valence-corrected chi connectivity index (χ2v) is 6.61. The van der Waals surface area contributed by atoms with Crippen LogP contribution in [0.15, 0.2) is 24.3 Å². The number of nitrogens with zero attached hydrogens (tertiary/aromatic N) is 4. The summed E-state index contributed by atoms with van der Waals surface area (Å²) < 4.78 is 1.78. The van der Waals surface area contributed by atoms with Gasteiger partial charge in [-0.05, 0) is 31.9 Å². The SMILES string of the molecule is CCCCN1CC(CCCl)N(CC)c2nc3ccccc3n2C1=O. The molecular formula is C18H25ClN4O. The smallest absolute Gasteiger partial charge is 0.331 e. The lowest BCUT2D eigenvalue weighted by Gasteiger charge is -2.30. The van der Waals surface area contributed by atoms with Crippen LogP contribution in [0, 0.1) is 0 Å². The van der Waals surface area contributed by atoms with Crippen molar-refractivity contribution in [3.05, 3.63) is 24.3 Å². The van der Waals surface area contributed by atoms with Gasteiger partial charge in [0, 0.05) is 25.5 Å². The molecule has 6 heteroatoms. The molecule has 0 fully saturated rings. The quantitative estimate of drug-likeness (QED) is 0.742. The van der Waals surface area contributed by atoms with Gasteiger partial charge in [0.25, 0.3) is 0 Å². The second kappa shape index (κ2) is 7.43. The first-order chi connectivity index (χ1) is 11.7. The largest absolute Gasteiger partial charge is 0.337 e. The normalized spacial score (nSPS) is 18.1. The third-order valence-corrected chi connectivity index (χ3v) is 4.92. The molecule has 2 heterocycles. The molecule has 1 amide bonds. The molecule has 1 aliphatic heterocycles. The minimum atomic E-state index is 0.0303. The zero-order valence-electron chi connectivity index (χ0n) is 14.4. The van der Waals surface area contributed by atoms with Gasteiger partial charge in [-0.2, -0.15) is 0 Å². The first-order valence-corrected chi connectivity index (χ1v) is 9.34. The van der Waals surface area contributed by atoms with E-state index in [1.165, 1.54) is 0 Å². The predicted octanol–water partition coefficient (Wildman–Crippen LogP) is 3.94. The molecule has 0 radical (unpaired) electrons. The standard InChI is InChI=1S/C18H25ClN4O/c1-3-5-12-21-13-14(10-11-19)22(4-2)17-20-15-8-6-7-9-16(15)23(17)18(21)24/h6-9,14H,3-5,10-13H2,1-2H3. The Hall–Kier alpha value is -1.75. The Morgan fingerprint density at radius 1 is 1.29 bits per heavy atom. The molecule has 5 nitrogen and oxygen atoms in total. The van der Waals surface area contributed by atoms with Gasteiger partial charge >= 0.3 is 6.03 Å². The van der Waals surface area contributed by atoms with Gasteiger partial charge in [-0.1, -0.05) is 25.5 Å². The minimum Gasteiger partial charge on any atom is -0.337 e. The predicted molar refractivity (Wildman–Crippen MR) is 99.2 cm³/mol. The van der Waals surface area contributed by atoms with Crippen molar-refractivity contribution < 1.29 is 4.79 Å². The van der Waals surface area contributed by atoms with Crippen LogP contribution in [-0.2, 0) is 0 Å². The molecule has 1 atom stereocenters. The van der Waals surface area contributed by atoms with Crippen LogP contribution in [0.5, 0.6) is 0 Å². The van der Waals surface area contributed by atoms with Gasteiger partial charge in [0.1, 0.15) is 0 Å². The third kappa shape index (κ3) is 2.97. The maximum Gasteiger partial charge on any atom is 0.331 e. The number of aromatic nitrogens is 2. The molecule has 130 valence electrons. The fourth-order valence-electron chi connectivity index (χ4n) is 3.44. The average Bonchev–Trinajstić information content (AvgIpc) is 2.92. The van der Waals surface area contributed by atoms with Gasteiger partial charge < -0.3 is 9.80 Å². The Balaban J connectivity index is 2.12. The van der Waals surface area contributed by atoms with Crippen LogP contribution in [0.25, 0.3) is 11.0 Å². The summed E-state index contributed by atoms with van der Waals surface area (Å²) in [4.78, 5) is 22.2. The summed E-state index contributed by atoms with van der Waals surface area (Å²) in [6.45, 7) is 6.54. The highest BCUT2D eigenvalue weighted by atomic mass is 35.5. The maximum atomic E-state index is 13.2. The number of amides is 1. The molecule has 0 saturated heterocycles. The number of imidazole rings is 1. The van der Waals surface area contributed by atoms with Crippen molar-refractivity contribution in [2.75, 3.05) is 30.4 Å². The molecule has 24 heavy (non-hydrogen) atoms. The molecule has 1 aliphatic rings. The number of carbonyl (C=O) groups excluding carboxylic acids is 1. The number of unbranched alkanes of at least 4 members (excludes halogenated alkanes) is 1. The summed E-state index contributed by atoms with van der Waals surface area (Å²) in [6.07, 6.45) is 2.92. The van der Waals surface area contributed by atoms with E-state index < -0.39 is 0 Å². The highest BCUT2D eigenvalue weighted by Crippen LogP contribution is 2.28. The Morgan fingerprint density at radius 3 is 2.79 bits per heavy atom. The van der Waals surface area contributed by atoms with Crippen molar-refractivity contribution in [2.24, 2.45) is 0 Å². The van der Waals surface area contributed by atoms with Crippen LogP contribution in [0.4, 0.5) is 10.7 Å². The van der Waals surface area contributed by atoms with Gasteiger partial charge in [0.15, 0.2) is 0 Å². The van der Waals surface area contributed by atoms with E-state index in [1.807, 2.05) is 29.2 Å². The van der Waals surface area contributed by atoms with Crippen LogP contribution < -0.4 is 4.90 Å². The molecule has 0 N–H and O–H groups in total. The summed E-state index contributed by atoms with van der Waals surface area (Å²) in [5.74, 6) is 1.33. The zero-order chi connectivity index (χ0) is 17.1. The molecule has 0 bridgehead atoms. The molecule has 2 aromatic rings. The van der Waals surface area contributed by atoms with Crippen molar-refractivity contribution in [1.29, 1.82) is 0 Å². The Bertz CT molecular complexity index is 714. The number of para-hydroxylation sites is 2. The van der Waals surface area contributed by atoms with E-state index in [-0.39, 0.29) is 12.1 Å². The summed E-state index contributed by atoms with van der Waals surface area (Å²) >= 11 is 6.05. The summed E-state index contributed by atoms with van der Waals surface area (Å²) in [6, 6.07) is 8.08. The van der Waals surface area contributed by atoms with Crippen molar-refractivity contribution in [3.8, 4) is 0 Å². The van der Waals surface area contributed by atoms with E-state index in [4.69, 9.17) is 16.6 Å². The van der Waals surface area contributed by atoms with Gasteiger partial charge in [0.05, 0.1) is 17.1 Å². The summed E-state index contributed by atoms with van der Waals surface area (Å²) in [5, 5.41) is 0. The van der Waals surface area contributed by atoms with Crippen molar-refractivity contribution in [1.82, 2.24) is 14.5 Å². The topological polar surface area (TPSA) is 41.4 Å². The van der Waals surface area contributed by atoms with Crippen molar-refractivity contribution in [2.45, 2.75) is 39.2 Å². The molecule has 0 saturated carbocycles. The van der Waals surface area contributed by atoms with Crippen LogP contribution in [0.1, 0.15) is 33.1 Å². The highest BCUT2D eigenvalue weighted by Gasteiger charge is 2.33. The number of alkyl halides is 1. The number of halogens is 1. The molecule has 1 aromatic heterocycles. The van der Waals surface area contributed by atoms with Crippen LogP contribution in [0.2, 0.25) is 0 Å². The van der Waals surface area contributed by atoms with Crippen LogP contribution in [0.3, 0.4) is 0 Å². The number of benzene rings is 1. The first kappa shape index (κ1) is 17.1. The number of likely N-dealkylation sites (N-methyl/N-ethyl adjacent to an activating group) is 1. The van der Waals surface area contributed by atoms with E-state index in [0.717, 1.165) is 49.3 Å². The lowest BCUT2D eigenvalue weighted by Crippen LogP contribution is -2.44. The van der Waals surface area contributed by atoms with Crippen molar-refractivity contribution in [3.63, 3.8) is 0 Å². The number of anilines is 1. The number of hydrogen-bond donors (Lipinski definition) is 0. The van der Waals surface area contributed by atoms with Gasteiger partial charge in [-0.25, -0.2) is 14.3 Å². The van der Waals surface area contributed by atoms with E-state index in [9.17, 15) is 4.79 Å². The first-order valence-electron chi connectivity index (χ1n) is 8.80. The summed E-state index contributed by atoms with van der Waals surface area (Å²) in [5.41, 5.74) is 1.74. The van der Waals surface area contributed by atoms with Gasteiger partial charge in [-0.3, -0.25) is 0 Å². The van der Waals surface area contributed by atoms with Gasteiger partial charge in [-0.15, -0.1) is 11.6 Å². The Morgan fingerprint density at radius 2 is 2.08 bits per heavy atom. The Kier molecular flexibility index (Phi) is 5.29. The van der Waals surface area contributed by atoms with Crippen LogP contribution in [-0.4, -0.2) is 52.0 Å². The Labute approximate surface area is 148 Å². The second-order valence-electron chi connectivity index (χ2n) is 6.24. The monoisotopic (exact) mass is 348 g/mol. The number of rotatable bonds is 6. The number of hydrogen-bond acceptors (Lipinski definition) is 3. The van der Waals surface area contributed by atoms with Gasteiger partial charge in [0.2, 0.25) is 5.95 Å². The van der Waals surface area contributed by atoms with Crippen LogP contribution >= 0.6 is 11.6 Å². The van der Waals surface area contributed by atoms with E-state index in [2.05, 4.69) is 18.7 Å². The number of carbonyl (C=O) groups is 1. The maximum absolute atomic E-state index is 13.2.